The summed E-state index contributed by atoms with van der Waals surface area (Å²) >= 11 is 0. The molecule has 0 fully saturated rings. The number of para-hydroxylation sites is 1. The van der Waals surface area contributed by atoms with E-state index in [2.05, 4.69) is 215 Å². The molecule has 1 heterocycles. The third kappa shape index (κ3) is 5.51. The highest BCUT2D eigenvalue weighted by Crippen LogP contribution is 2.58. The van der Waals surface area contributed by atoms with Crippen molar-refractivity contribution < 1.29 is 0 Å². The predicted molar refractivity (Wildman–Crippen MR) is 259 cm³/mol. The van der Waals surface area contributed by atoms with Crippen LogP contribution in [0.1, 0.15) is 99.0 Å². The first-order valence-corrected chi connectivity index (χ1v) is 22.3. The summed E-state index contributed by atoms with van der Waals surface area (Å²) < 4.78 is 2.49. The van der Waals surface area contributed by atoms with Crippen LogP contribution in [0.2, 0.25) is 0 Å². The molecule has 2 unspecified atom stereocenters. The zero-order valence-electron chi connectivity index (χ0n) is 35.9. The SMILES string of the molecule is CCC(C)C1=C(/C(=N\C(C)n2c3ccccc3c3cc4ccccc4cc32)c2ccc3c(c2)C2=C(C=CCC2)C3(c2ccccc2)c2ccccc2)c2ccccc2C1(C)C. The van der Waals surface area contributed by atoms with Gasteiger partial charge in [-0.05, 0) is 117 Å². The van der Waals surface area contributed by atoms with Gasteiger partial charge in [0.1, 0.15) is 6.17 Å². The standard InChI is InChI=1S/C59H52N2/c1-6-38(2)56-55(47-29-16-18-30-50(47)58(56,4)5)57(60-39(3)61-53-32-20-17-28-46(53)49-35-40-21-13-14-22-41(40)37-54(49)61)42-33-34-52-48(36-42)45-27-15-19-31-51(45)59(52,43-23-9-7-10-24-43)44-25-11-8-12-26-44/h7-14,16-26,28-39H,6,15,27H2,1-5H3/b60-57-. The number of hydrogen-bond donors (Lipinski definition) is 0. The summed E-state index contributed by atoms with van der Waals surface area (Å²) in [5, 5.41) is 5.03. The number of allylic oxidation sites excluding steroid dienone is 6. The number of rotatable bonds is 8. The first-order valence-electron chi connectivity index (χ1n) is 22.3. The van der Waals surface area contributed by atoms with Crippen LogP contribution in [-0.4, -0.2) is 10.3 Å². The van der Waals surface area contributed by atoms with Gasteiger partial charge in [-0.2, -0.15) is 0 Å². The maximum atomic E-state index is 6.06. The molecule has 2 heteroatoms. The van der Waals surface area contributed by atoms with Gasteiger partial charge < -0.3 is 4.57 Å². The van der Waals surface area contributed by atoms with E-state index in [1.54, 1.807) is 0 Å². The van der Waals surface area contributed by atoms with Crippen LogP contribution in [0.15, 0.2) is 192 Å². The second-order valence-electron chi connectivity index (χ2n) is 18.1. The lowest BCUT2D eigenvalue weighted by atomic mass is 9.66. The molecule has 7 aromatic carbocycles. The average Bonchev–Trinajstić information content (AvgIpc) is 3.88. The summed E-state index contributed by atoms with van der Waals surface area (Å²) in [7, 11) is 0. The third-order valence-corrected chi connectivity index (χ3v) is 14.4. The molecule has 0 saturated carbocycles. The van der Waals surface area contributed by atoms with Crippen LogP contribution in [0.3, 0.4) is 0 Å². The molecule has 2 nitrogen and oxygen atoms in total. The van der Waals surface area contributed by atoms with E-state index in [-0.39, 0.29) is 11.6 Å². The molecular formula is C59H52N2. The molecule has 3 aliphatic rings. The fourth-order valence-corrected chi connectivity index (χ4v) is 11.7. The molecule has 0 saturated heterocycles. The van der Waals surface area contributed by atoms with E-state index >= 15 is 0 Å². The number of hydrogen-bond acceptors (Lipinski definition) is 1. The molecule has 0 amide bonds. The number of aromatic nitrogens is 1. The summed E-state index contributed by atoms with van der Waals surface area (Å²) in [6.45, 7) is 11.9. The van der Waals surface area contributed by atoms with Crippen molar-refractivity contribution in [3.63, 3.8) is 0 Å². The number of fused-ring (bicyclic) bond motifs is 7. The van der Waals surface area contributed by atoms with Crippen LogP contribution in [0, 0.1) is 5.92 Å². The van der Waals surface area contributed by atoms with Crippen molar-refractivity contribution in [3.8, 4) is 0 Å². The average molecular weight is 789 g/mol. The Balaban J connectivity index is 1.21. The molecule has 2 atom stereocenters. The normalized spacial score (nSPS) is 17.6. The second-order valence-corrected chi connectivity index (χ2v) is 18.1. The molecule has 0 bridgehead atoms. The highest BCUT2D eigenvalue weighted by atomic mass is 15.1. The second kappa shape index (κ2) is 14.3. The molecule has 0 radical (unpaired) electrons. The molecule has 1 aromatic heterocycles. The zero-order chi connectivity index (χ0) is 41.5. The van der Waals surface area contributed by atoms with Gasteiger partial charge in [0, 0.05) is 27.3 Å². The lowest BCUT2D eigenvalue weighted by Crippen LogP contribution is -2.29. The van der Waals surface area contributed by atoms with Crippen LogP contribution in [-0.2, 0) is 10.8 Å². The Morgan fingerprint density at radius 2 is 1.30 bits per heavy atom. The maximum absolute atomic E-state index is 6.06. The van der Waals surface area contributed by atoms with Crippen molar-refractivity contribution in [1.29, 1.82) is 0 Å². The van der Waals surface area contributed by atoms with E-state index in [1.807, 2.05) is 0 Å². The first-order chi connectivity index (χ1) is 29.8. The number of aliphatic imine (C=N–C) groups is 1. The van der Waals surface area contributed by atoms with E-state index in [4.69, 9.17) is 4.99 Å². The quantitative estimate of drug-likeness (QED) is 0.136. The van der Waals surface area contributed by atoms with Gasteiger partial charge in [0.05, 0.1) is 22.2 Å². The predicted octanol–water partition coefficient (Wildman–Crippen LogP) is 15.2. The van der Waals surface area contributed by atoms with Gasteiger partial charge in [-0.3, -0.25) is 4.99 Å². The lowest BCUT2D eigenvalue weighted by Gasteiger charge is -2.35. The third-order valence-electron chi connectivity index (χ3n) is 14.4. The largest absolute Gasteiger partial charge is 0.318 e. The summed E-state index contributed by atoms with van der Waals surface area (Å²) in [4.78, 5) is 6.06. The molecule has 8 aromatic rings. The van der Waals surface area contributed by atoms with Gasteiger partial charge in [-0.15, -0.1) is 0 Å². The van der Waals surface area contributed by atoms with Crippen molar-refractivity contribution in [2.45, 2.75) is 70.9 Å². The van der Waals surface area contributed by atoms with Gasteiger partial charge in [0.2, 0.25) is 0 Å². The van der Waals surface area contributed by atoms with E-state index in [1.165, 1.54) is 93.8 Å². The van der Waals surface area contributed by atoms with Crippen molar-refractivity contribution in [2.24, 2.45) is 10.9 Å². The number of nitrogens with zero attached hydrogens (tertiary/aromatic N) is 2. The van der Waals surface area contributed by atoms with Crippen LogP contribution < -0.4 is 0 Å². The smallest absolute Gasteiger partial charge is 0.123 e. The fourth-order valence-electron chi connectivity index (χ4n) is 11.7. The Labute approximate surface area is 360 Å². The Morgan fingerprint density at radius 1 is 0.639 bits per heavy atom. The Hall–Kier alpha value is -6.51. The van der Waals surface area contributed by atoms with Crippen LogP contribution in [0.5, 0.6) is 0 Å². The van der Waals surface area contributed by atoms with Gasteiger partial charge >= 0.3 is 0 Å². The zero-order valence-corrected chi connectivity index (χ0v) is 35.9. The molecule has 61 heavy (non-hydrogen) atoms. The molecule has 298 valence electrons. The Kier molecular flexibility index (Phi) is 8.79. The highest BCUT2D eigenvalue weighted by molar-refractivity contribution is 6.34. The van der Waals surface area contributed by atoms with Crippen LogP contribution >= 0.6 is 0 Å². The fraction of sp³-hybridized carbons (Fsp3) is 0.203. The Morgan fingerprint density at radius 3 is 2.03 bits per heavy atom. The van der Waals surface area contributed by atoms with Crippen LogP contribution in [0.4, 0.5) is 0 Å². The van der Waals surface area contributed by atoms with Crippen LogP contribution in [0.25, 0.3) is 43.7 Å². The van der Waals surface area contributed by atoms with Crippen molar-refractivity contribution in [3.05, 3.63) is 226 Å². The van der Waals surface area contributed by atoms with E-state index in [0.717, 1.165) is 25.0 Å². The number of benzene rings is 7. The van der Waals surface area contributed by atoms with Crippen molar-refractivity contribution >= 4 is 49.4 Å². The summed E-state index contributed by atoms with van der Waals surface area (Å²) in [5.41, 5.74) is 17.8. The molecule has 0 aliphatic heterocycles. The molecule has 0 N–H and O–H groups in total. The van der Waals surface area contributed by atoms with Crippen molar-refractivity contribution in [2.75, 3.05) is 0 Å². The lowest BCUT2D eigenvalue weighted by molar-refractivity contribution is 0.520. The van der Waals surface area contributed by atoms with E-state index in [9.17, 15) is 0 Å². The first kappa shape index (κ1) is 37.5. The minimum atomic E-state index is -0.415. The highest BCUT2D eigenvalue weighted by Gasteiger charge is 2.48. The monoisotopic (exact) mass is 788 g/mol. The van der Waals surface area contributed by atoms with E-state index < -0.39 is 5.41 Å². The summed E-state index contributed by atoms with van der Waals surface area (Å²) in [5.74, 6) is 0.369. The summed E-state index contributed by atoms with van der Waals surface area (Å²) in [6.07, 6.45) is 7.72. The van der Waals surface area contributed by atoms with Gasteiger partial charge in [0.15, 0.2) is 0 Å². The minimum absolute atomic E-state index is 0.145. The van der Waals surface area contributed by atoms with E-state index in [0.29, 0.717) is 5.92 Å². The van der Waals surface area contributed by atoms with Crippen molar-refractivity contribution in [1.82, 2.24) is 4.57 Å². The van der Waals surface area contributed by atoms with Gasteiger partial charge in [-0.25, -0.2) is 0 Å². The van der Waals surface area contributed by atoms with Gasteiger partial charge in [0.25, 0.3) is 0 Å². The summed E-state index contributed by atoms with van der Waals surface area (Å²) in [6, 6.07) is 61.3. The molecule has 3 aliphatic carbocycles. The molecular weight excluding hydrogens is 737 g/mol. The Bertz CT molecular complexity index is 3130. The maximum Gasteiger partial charge on any atom is 0.123 e. The minimum Gasteiger partial charge on any atom is -0.318 e. The molecule has 0 spiro atoms. The topological polar surface area (TPSA) is 17.3 Å². The molecule has 11 rings (SSSR count). The van der Waals surface area contributed by atoms with Gasteiger partial charge in [-0.1, -0.05) is 179 Å².